The molecule has 9 heteroatoms. The molecule has 1 aromatic heterocycles. The summed E-state index contributed by atoms with van der Waals surface area (Å²) in [5.41, 5.74) is 1.42. The summed E-state index contributed by atoms with van der Waals surface area (Å²) in [7, 11) is 0. The molecule has 3 rings (SSSR count). The summed E-state index contributed by atoms with van der Waals surface area (Å²) in [4.78, 5) is 12.0. The highest BCUT2D eigenvalue weighted by molar-refractivity contribution is 8.01. The first-order valence-corrected chi connectivity index (χ1v) is 9.69. The van der Waals surface area contributed by atoms with Crippen molar-refractivity contribution >= 4 is 68.7 Å². The van der Waals surface area contributed by atoms with Gasteiger partial charge >= 0.3 is 0 Å². The lowest BCUT2D eigenvalue weighted by molar-refractivity contribution is -0.113. The molecule has 1 heterocycles. The lowest BCUT2D eigenvalue weighted by Crippen LogP contribution is -2.14. The molecule has 0 spiro atoms. The minimum Gasteiger partial charge on any atom is -0.330 e. The van der Waals surface area contributed by atoms with E-state index in [9.17, 15) is 4.79 Å². The van der Waals surface area contributed by atoms with Crippen molar-refractivity contribution in [1.29, 1.82) is 0 Å². The second kappa shape index (κ2) is 8.53. The topological polar surface area (TPSA) is 66.9 Å². The summed E-state index contributed by atoms with van der Waals surface area (Å²) in [5, 5.41) is 15.8. The van der Waals surface area contributed by atoms with Crippen molar-refractivity contribution in [2.75, 3.05) is 16.4 Å². The van der Waals surface area contributed by atoms with Gasteiger partial charge in [-0.15, -0.1) is 10.2 Å². The van der Waals surface area contributed by atoms with Crippen molar-refractivity contribution in [2.24, 2.45) is 0 Å². The van der Waals surface area contributed by atoms with Gasteiger partial charge in [0.2, 0.25) is 11.0 Å². The zero-order chi connectivity index (χ0) is 17.6. The number of benzene rings is 2. The molecule has 128 valence electrons. The highest BCUT2D eigenvalue weighted by Gasteiger charge is 2.10. The molecule has 3 aromatic rings. The van der Waals surface area contributed by atoms with E-state index in [1.165, 1.54) is 23.1 Å². The summed E-state index contributed by atoms with van der Waals surface area (Å²) < 4.78 is 0.693. The molecule has 0 aliphatic rings. The van der Waals surface area contributed by atoms with E-state index in [0.717, 1.165) is 5.69 Å². The second-order valence-electron chi connectivity index (χ2n) is 4.83. The Morgan fingerprint density at radius 3 is 2.76 bits per heavy atom. The maximum atomic E-state index is 12.0. The number of halogens is 2. The van der Waals surface area contributed by atoms with Gasteiger partial charge in [0.1, 0.15) is 0 Å². The Morgan fingerprint density at radius 1 is 1.12 bits per heavy atom. The number of anilines is 3. The fraction of sp³-hybridized carbons (Fsp3) is 0.0625. The molecular weight excluding hydrogens is 399 g/mol. The molecule has 0 aliphatic carbocycles. The van der Waals surface area contributed by atoms with Crippen LogP contribution < -0.4 is 10.6 Å². The van der Waals surface area contributed by atoms with Gasteiger partial charge in [0.25, 0.3) is 0 Å². The van der Waals surface area contributed by atoms with Gasteiger partial charge in [-0.3, -0.25) is 4.79 Å². The monoisotopic (exact) mass is 410 g/mol. The van der Waals surface area contributed by atoms with Crippen LogP contribution in [0.1, 0.15) is 0 Å². The minimum atomic E-state index is -0.155. The molecule has 2 N–H and O–H groups in total. The van der Waals surface area contributed by atoms with Crippen LogP contribution in [0.2, 0.25) is 10.0 Å². The second-order valence-corrected chi connectivity index (χ2v) is 7.87. The molecular formula is C16H12Cl2N4OS2. The zero-order valence-corrected chi connectivity index (χ0v) is 15.8. The maximum absolute atomic E-state index is 12.0. The van der Waals surface area contributed by atoms with Crippen molar-refractivity contribution < 1.29 is 4.79 Å². The third-order valence-electron chi connectivity index (χ3n) is 2.96. The van der Waals surface area contributed by atoms with Gasteiger partial charge in [0.15, 0.2) is 4.34 Å². The largest absolute Gasteiger partial charge is 0.330 e. The summed E-state index contributed by atoms with van der Waals surface area (Å²) in [6.45, 7) is 0. The van der Waals surface area contributed by atoms with Crippen LogP contribution in [0.15, 0.2) is 52.9 Å². The molecule has 2 aromatic carbocycles. The highest BCUT2D eigenvalue weighted by atomic mass is 35.5. The lowest BCUT2D eigenvalue weighted by Gasteiger charge is -2.05. The van der Waals surface area contributed by atoms with Crippen LogP contribution in [0.4, 0.5) is 16.5 Å². The Morgan fingerprint density at radius 2 is 1.96 bits per heavy atom. The fourth-order valence-corrected chi connectivity index (χ4v) is 3.83. The molecule has 0 atom stereocenters. The maximum Gasteiger partial charge on any atom is 0.234 e. The Bertz CT molecular complexity index is 888. The average molecular weight is 411 g/mol. The number of nitrogens with zero attached hydrogens (tertiary/aromatic N) is 2. The number of rotatable bonds is 6. The number of para-hydroxylation sites is 1. The average Bonchev–Trinajstić information content (AvgIpc) is 3.03. The third kappa shape index (κ3) is 5.34. The summed E-state index contributed by atoms with van der Waals surface area (Å²) in [6.07, 6.45) is 0. The molecule has 1 amide bonds. The van der Waals surface area contributed by atoms with E-state index in [0.29, 0.717) is 25.2 Å². The summed E-state index contributed by atoms with van der Waals surface area (Å²) in [6, 6.07) is 14.4. The third-order valence-corrected chi connectivity index (χ3v) is 5.49. The van der Waals surface area contributed by atoms with Crippen LogP contribution in [0.25, 0.3) is 0 Å². The molecule has 0 radical (unpaired) electrons. The summed E-state index contributed by atoms with van der Waals surface area (Å²) in [5.74, 6) is 0.0643. The van der Waals surface area contributed by atoms with Gasteiger partial charge < -0.3 is 10.6 Å². The Kier molecular flexibility index (Phi) is 6.14. The minimum absolute atomic E-state index is 0.155. The van der Waals surface area contributed by atoms with E-state index >= 15 is 0 Å². The molecule has 0 fully saturated rings. The smallest absolute Gasteiger partial charge is 0.234 e. The first-order chi connectivity index (χ1) is 12.1. The normalized spacial score (nSPS) is 10.5. The lowest BCUT2D eigenvalue weighted by atomic mass is 10.3. The van der Waals surface area contributed by atoms with E-state index in [1.54, 1.807) is 24.3 Å². The van der Waals surface area contributed by atoms with E-state index in [-0.39, 0.29) is 11.7 Å². The van der Waals surface area contributed by atoms with E-state index in [1.807, 2.05) is 24.3 Å². The zero-order valence-electron chi connectivity index (χ0n) is 12.7. The fourth-order valence-electron chi connectivity index (χ4n) is 1.88. The molecule has 0 bridgehead atoms. The van der Waals surface area contributed by atoms with Crippen molar-refractivity contribution in [2.45, 2.75) is 4.34 Å². The predicted octanol–water partition coefficient (Wildman–Crippen LogP) is 5.32. The van der Waals surface area contributed by atoms with Gasteiger partial charge in [0.05, 0.1) is 16.5 Å². The van der Waals surface area contributed by atoms with E-state index in [4.69, 9.17) is 23.2 Å². The number of carbonyl (C=O) groups is 1. The van der Waals surface area contributed by atoms with Gasteiger partial charge in [-0.2, -0.15) is 0 Å². The molecule has 0 saturated heterocycles. The number of nitrogens with one attached hydrogen (secondary N) is 2. The van der Waals surface area contributed by atoms with Crippen LogP contribution in [-0.4, -0.2) is 21.9 Å². The van der Waals surface area contributed by atoms with Crippen LogP contribution in [0.5, 0.6) is 0 Å². The quantitative estimate of drug-likeness (QED) is 0.538. The SMILES string of the molecule is O=C(CSc1nnc(Nc2cccc(Cl)c2)s1)Nc1ccccc1Cl. The van der Waals surface area contributed by atoms with Crippen LogP contribution in [-0.2, 0) is 4.79 Å². The predicted molar refractivity (Wildman–Crippen MR) is 105 cm³/mol. The number of carbonyl (C=O) groups excluding carboxylic acids is 1. The van der Waals surface area contributed by atoms with Crippen molar-refractivity contribution in [1.82, 2.24) is 10.2 Å². The highest BCUT2D eigenvalue weighted by Crippen LogP contribution is 2.28. The van der Waals surface area contributed by atoms with E-state index < -0.39 is 0 Å². The summed E-state index contributed by atoms with van der Waals surface area (Å²) >= 11 is 14.6. The van der Waals surface area contributed by atoms with Gasteiger partial charge in [-0.05, 0) is 30.3 Å². The van der Waals surface area contributed by atoms with Crippen LogP contribution >= 0.6 is 46.3 Å². The molecule has 0 saturated carbocycles. The number of aromatic nitrogens is 2. The van der Waals surface area contributed by atoms with Crippen LogP contribution in [0.3, 0.4) is 0 Å². The van der Waals surface area contributed by atoms with Gasteiger partial charge in [-0.1, -0.05) is 64.5 Å². The van der Waals surface area contributed by atoms with E-state index in [2.05, 4.69) is 20.8 Å². The Labute approximate surface area is 162 Å². The Balaban J connectivity index is 1.53. The number of hydrogen-bond donors (Lipinski definition) is 2. The van der Waals surface area contributed by atoms with Gasteiger partial charge in [0, 0.05) is 10.7 Å². The Hall–Kier alpha value is -1.80. The standard InChI is InChI=1S/C16H12Cl2N4OS2/c17-10-4-3-5-11(8-10)19-15-21-22-16(25-15)24-9-14(23)20-13-7-2-1-6-12(13)18/h1-8H,9H2,(H,19,21)(H,20,23). The first kappa shape index (κ1) is 18.0. The molecule has 5 nitrogen and oxygen atoms in total. The van der Waals surface area contributed by atoms with Crippen LogP contribution in [0, 0.1) is 0 Å². The van der Waals surface area contributed by atoms with Crippen molar-refractivity contribution in [3.8, 4) is 0 Å². The van der Waals surface area contributed by atoms with Gasteiger partial charge in [-0.25, -0.2) is 0 Å². The molecule has 0 unspecified atom stereocenters. The number of hydrogen-bond acceptors (Lipinski definition) is 6. The van der Waals surface area contributed by atoms with Crippen molar-refractivity contribution in [3.63, 3.8) is 0 Å². The first-order valence-electron chi connectivity index (χ1n) is 7.13. The number of thioether (sulfide) groups is 1. The number of amides is 1. The molecule has 0 aliphatic heterocycles. The molecule has 25 heavy (non-hydrogen) atoms. The van der Waals surface area contributed by atoms with Crippen molar-refractivity contribution in [3.05, 3.63) is 58.6 Å².